The fourth-order valence-corrected chi connectivity index (χ4v) is 1.88. The number of benzene rings is 1. The summed E-state index contributed by atoms with van der Waals surface area (Å²) in [6.07, 6.45) is -0.158. The maximum absolute atomic E-state index is 13.4. The zero-order valence-electron chi connectivity index (χ0n) is 7.64. The number of aryl methyl sites for hydroxylation is 1. The number of halogens is 2. The van der Waals surface area contributed by atoms with Crippen molar-refractivity contribution in [3.8, 4) is 0 Å². The standard InChI is InChI=1S/C10H12BrFO/c1-6-3-9(11)5-8(10(6)12)4-7(2)13/h3,5,7,13H,4H2,1-2H3. The molecule has 1 aromatic carbocycles. The van der Waals surface area contributed by atoms with E-state index in [0.29, 0.717) is 17.5 Å². The van der Waals surface area contributed by atoms with Crippen LogP contribution in [0.15, 0.2) is 16.6 Å². The van der Waals surface area contributed by atoms with Crippen LogP contribution in [0.2, 0.25) is 0 Å². The average molecular weight is 247 g/mol. The summed E-state index contributed by atoms with van der Waals surface area (Å²) >= 11 is 3.29. The molecule has 0 bridgehead atoms. The normalized spacial score (nSPS) is 13.0. The molecular weight excluding hydrogens is 235 g/mol. The van der Waals surface area contributed by atoms with Gasteiger partial charge < -0.3 is 5.11 Å². The summed E-state index contributed by atoms with van der Waals surface area (Å²) in [5.74, 6) is -0.218. The van der Waals surface area contributed by atoms with E-state index >= 15 is 0 Å². The molecule has 1 N–H and O–H groups in total. The van der Waals surface area contributed by atoms with Gasteiger partial charge in [-0.15, -0.1) is 0 Å². The third kappa shape index (κ3) is 2.78. The zero-order valence-corrected chi connectivity index (χ0v) is 9.23. The smallest absolute Gasteiger partial charge is 0.129 e. The Hall–Kier alpha value is -0.410. The van der Waals surface area contributed by atoms with E-state index in [0.717, 1.165) is 4.47 Å². The van der Waals surface area contributed by atoms with Gasteiger partial charge in [-0.25, -0.2) is 4.39 Å². The van der Waals surface area contributed by atoms with Crippen molar-refractivity contribution in [3.63, 3.8) is 0 Å². The van der Waals surface area contributed by atoms with Gasteiger partial charge in [0.25, 0.3) is 0 Å². The molecule has 0 saturated carbocycles. The van der Waals surface area contributed by atoms with Crippen LogP contribution < -0.4 is 0 Å². The van der Waals surface area contributed by atoms with Crippen molar-refractivity contribution < 1.29 is 9.50 Å². The largest absolute Gasteiger partial charge is 0.393 e. The van der Waals surface area contributed by atoms with Crippen LogP contribution >= 0.6 is 15.9 Å². The van der Waals surface area contributed by atoms with Crippen molar-refractivity contribution in [2.45, 2.75) is 26.4 Å². The number of hydrogen-bond acceptors (Lipinski definition) is 1. The van der Waals surface area contributed by atoms with E-state index in [1.54, 1.807) is 26.0 Å². The van der Waals surface area contributed by atoms with Crippen molar-refractivity contribution in [1.29, 1.82) is 0 Å². The Morgan fingerprint density at radius 3 is 2.69 bits per heavy atom. The van der Waals surface area contributed by atoms with Gasteiger partial charge in [0.05, 0.1) is 6.10 Å². The van der Waals surface area contributed by atoms with Crippen LogP contribution in [0.1, 0.15) is 18.1 Å². The van der Waals surface area contributed by atoms with E-state index in [9.17, 15) is 4.39 Å². The van der Waals surface area contributed by atoms with Crippen LogP contribution in [-0.2, 0) is 6.42 Å². The Morgan fingerprint density at radius 1 is 1.54 bits per heavy atom. The van der Waals surface area contributed by atoms with Gasteiger partial charge in [0.1, 0.15) is 5.82 Å². The van der Waals surface area contributed by atoms with Gasteiger partial charge in [-0.3, -0.25) is 0 Å². The summed E-state index contributed by atoms with van der Waals surface area (Å²) in [7, 11) is 0. The topological polar surface area (TPSA) is 20.2 Å². The van der Waals surface area contributed by atoms with Crippen LogP contribution in [-0.4, -0.2) is 11.2 Å². The minimum atomic E-state index is -0.511. The van der Waals surface area contributed by atoms with Crippen molar-refractivity contribution in [3.05, 3.63) is 33.5 Å². The minimum absolute atomic E-state index is 0.218. The van der Waals surface area contributed by atoms with Crippen LogP contribution in [0.4, 0.5) is 4.39 Å². The zero-order chi connectivity index (χ0) is 10.0. The number of aliphatic hydroxyl groups is 1. The molecule has 0 aromatic heterocycles. The molecule has 0 aliphatic heterocycles. The van der Waals surface area contributed by atoms with Gasteiger partial charge in [-0.1, -0.05) is 15.9 Å². The van der Waals surface area contributed by atoms with E-state index < -0.39 is 6.10 Å². The second kappa shape index (κ2) is 4.20. The van der Waals surface area contributed by atoms with Gasteiger partial charge in [-0.05, 0) is 37.1 Å². The van der Waals surface area contributed by atoms with Gasteiger partial charge >= 0.3 is 0 Å². The van der Waals surface area contributed by atoms with E-state index in [4.69, 9.17) is 5.11 Å². The Balaban J connectivity index is 3.05. The Bertz CT molecular complexity index is 310. The predicted molar refractivity (Wildman–Crippen MR) is 54.2 cm³/mol. The lowest BCUT2D eigenvalue weighted by molar-refractivity contribution is 0.194. The average Bonchev–Trinajstić information content (AvgIpc) is 1.98. The fraction of sp³-hybridized carbons (Fsp3) is 0.400. The third-order valence-electron chi connectivity index (χ3n) is 1.81. The van der Waals surface area contributed by atoms with Crippen molar-refractivity contribution in [2.75, 3.05) is 0 Å². The van der Waals surface area contributed by atoms with E-state index in [1.807, 2.05) is 0 Å². The second-order valence-corrected chi connectivity index (χ2v) is 4.16. The second-order valence-electron chi connectivity index (χ2n) is 3.25. The molecule has 1 nitrogen and oxygen atoms in total. The highest BCUT2D eigenvalue weighted by molar-refractivity contribution is 9.10. The van der Waals surface area contributed by atoms with Gasteiger partial charge in [-0.2, -0.15) is 0 Å². The highest BCUT2D eigenvalue weighted by Gasteiger charge is 2.08. The summed E-state index contributed by atoms with van der Waals surface area (Å²) in [6.45, 7) is 3.36. The quantitative estimate of drug-likeness (QED) is 0.851. The molecule has 1 rings (SSSR count). The van der Waals surface area contributed by atoms with Crippen molar-refractivity contribution in [2.24, 2.45) is 0 Å². The van der Waals surface area contributed by atoms with E-state index in [1.165, 1.54) is 0 Å². The summed E-state index contributed by atoms with van der Waals surface area (Å²) in [6, 6.07) is 3.43. The molecule has 13 heavy (non-hydrogen) atoms. The number of hydrogen-bond donors (Lipinski definition) is 1. The maximum atomic E-state index is 13.4. The SMILES string of the molecule is Cc1cc(Br)cc(CC(C)O)c1F. The lowest BCUT2D eigenvalue weighted by Gasteiger charge is -2.08. The van der Waals surface area contributed by atoms with Gasteiger partial charge in [0.15, 0.2) is 0 Å². The van der Waals surface area contributed by atoms with E-state index in [-0.39, 0.29) is 5.82 Å². The van der Waals surface area contributed by atoms with Crippen LogP contribution in [0.3, 0.4) is 0 Å². The summed E-state index contributed by atoms with van der Waals surface area (Å²) < 4.78 is 14.3. The molecule has 0 spiro atoms. The molecule has 0 radical (unpaired) electrons. The highest BCUT2D eigenvalue weighted by atomic mass is 79.9. The summed E-state index contributed by atoms with van der Waals surface area (Å²) in [4.78, 5) is 0. The predicted octanol–water partition coefficient (Wildman–Crippen LogP) is 2.82. The van der Waals surface area contributed by atoms with Crippen LogP contribution in [0, 0.1) is 12.7 Å². The fourth-order valence-electron chi connectivity index (χ4n) is 1.26. The highest BCUT2D eigenvalue weighted by Crippen LogP contribution is 2.20. The monoisotopic (exact) mass is 246 g/mol. The minimum Gasteiger partial charge on any atom is -0.393 e. The summed E-state index contributed by atoms with van der Waals surface area (Å²) in [5.41, 5.74) is 1.16. The third-order valence-corrected chi connectivity index (χ3v) is 2.27. The first-order valence-electron chi connectivity index (χ1n) is 4.13. The first-order chi connectivity index (χ1) is 6.00. The molecule has 0 heterocycles. The van der Waals surface area contributed by atoms with Crippen LogP contribution in [0.25, 0.3) is 0 Å². The first-order valence-corrected chi connectivity index (χ1v) is 4.92. The molecule has 0 aliphatic rings. The molecule has 0 amide bonds. The molecule has 72 valence electrons. The molecule has 1 aromatic rings. The molecular formula is C10H12BrFO. The summed E-state index contributed by atoms with van der Waals surface area (Å²) in [5, 5.41) is 9.13. The van der Waals surface area contributed by atoms with Crippen molar-refractivity contribution in [1.82, 2.24) is 0 Å². The Kier molecular flexibility index (Phi) is 3.45. The molecule has 1 atom stereocenters. The molecule has 1 unspecified atom stereocenters. The Morgan fingerprint density at radius 2 is 2.15 bits per heavy atom. The molecule has 0 fully saturated rings. The van der Waals surface area contributed by atoms with Gasteiger partial charge in [0.2, 0.25) is 0 Å². The molecule has 3 heteroatoms. The van der Waals surface area contributed by atoms with E-state index in [2.05, 4.69) is 15.9 Å². The maximum Gasteiger partial charge on any atom is 0.129 e. The van der Waals surface area contributed by atoms with Gasteiger partial charge in [0, 0.05) is 10.9 Å². The molecule has 0 saturated heterocycles. The lowest BCUT2D eigenvalue weighted by Crippen LogP contribution is -2.06. The Labute approximate surface area is 85.7 Å². The van der Waals surface area contributed by atoms with Crippen molar-refractivity contribution >= 4 is 15.9 Å². The lowest BCUT2D eigenvalue weighted by atomic mass is 10.1. The number of rotatable bonds is 2. The number of aliphatic hydroxyl groups excluding tert-OH is 1. The van der Waals surface area contributed by atoms with Crippen LogP contribution in [0.5, 0.6) is 0 Å². The molecule has 0 aliphatic carbocycles. The first kappa shape index (κ1) is 10.7.